The molecular weight excluding hydrogens is 167 g/mol. The van der Waals surface area contributed by atoms with E-state index >= 15 is 0 Å². The minimum Gasteiger partial charge on any atom is -0.0936 e. The molecule has 0 N–H and O–H groups in total. The van der Waals surface area contributed by atoms with Crippen molar-refractivity contribution >= 4 is 11.6 Å². The van der Waals surface area contributed by atoms with E-state index in [9.17, 15) is 0 Å². The van der Waals surface area contributed by atoms with Crippen molar-refractivity contribution in [3.8, 4) is 0 Å². The van der Waals surface area contributed by atoms with Crippen molar-refractivity contribution in [1.82, 2.24) is 0 Å². The van der Waals surface area contributed by atoms with Gasteiger partial charge >= 0.3 is 0 Å². The molecule has 0 unspecified atom stereocenters. The van der Waals surface area contributed by atoms with Gasteiger partial charge in [0.05, 0.1) is 0 Å². The summed E-state index contributed by atoms with van der Waals surface area (Å²) in [5, 5.41) is 0. The Hall–Kier alpha value is 0.770. The van der Waals surface area contributed by atoms with Gasteiger partial charge in [-0.2, -0.15) is 0 Å². The van der Waals surface area contributed by atoms with E-state index in [1.807, 2.05) is 0 Å². The number of halogens is 1. The molecule has 29 valence electrons. The zero-order valence-corrected chi connectivity index (χ0v) is 4.20. The van der Waals surface area contributed by atoms with E-state index < -0.39 is 0 Å². The molecule has 0 fully saturated rings. The van der Waals surface area contributed by atoms with E-state index in [0.29, 0.717) is 0 Å². The van der Waals surface area contributed by atoms with Gasteiger partial charge in [-0.05, 0) is 5.54 Å². The smallest absolute Gasteiger partial charge is 0 e. The SMILES string of the molecule is C=CCl.[Ag]. The summed E-state index contributed by atoms with van der Waals surface area (Å²) in [6.07, 6.45) is 0. The Bertz CT molecular complexity index is 13.5. The quantitative estimate of drug-likeness (QED) is 0.482. The third-order valence-electron chi connectivity index (χ3n) is 0. The van der Waals surface area contributed by atoms with Crippen molar-refractivity contribution in [2.24, 2.45) is 0 Å². The van der Waals surface area contributed by atoms with Crippen LogP contribution in [0.15, 0.2) is 12.1 Å². The number of hydrogen-bond donors (Lipinski definition) is 0. The Morgan fingerprint density at radius 2 is 1.75 bits per heavy atom. The van der Waals surface area contributed by atoms with E-state index in [4.69, 9.17) is 11.6 Å². The maximum atomic E-state index is 4.76. The second-order valence-corrected chi connectivity index (χ2v) is 0.463. The van der Waals surface area contributed by atoms with Gasteiger partial charge in [0.1, 0.15) is 0 Å². The Morgan fingerprint density at radius 3 is 1.75 bits per heavy atom. The fourth-order valence-electron chi connectivity index (χ4n) is 0. The van der Waals surface area contributed by atoms with Crippen LogP contribution in [0, 0.1) is 0 Å². The van der Waals surface area contributed by atoms with Crippen molar-refractivity contribution in [1.29, 1.82) is 0 Å². The van der Waals surface area contributed by atoms with Crippen LogP contribution >= 0.6 is 11.6 Å². The average molecular weight is 170 g/mol. The molecule has 2 heteroatoms. The Balaban J connectivity index is 0. The zero-order valence-electron chi connectivity index (χ0n) is 1.96. The Morgan fingerprint density at radius 1 is 1.75 bits per heavy atom. The molecule has 0 aliphatic heterocycles. The summed E-state index contributed by atoms with van der Waals surface area (Å²) in [5.74, 6) is 0. The largest absolute Gasteiger partial charge is 0.0936 e. The topological polar surface area (TPSA) is 0 Å². The first-order valence-corrected chi connectivity index (χ1v) is 1.06. The average Bonchev–Trinajstić information content (AvgIpc) is 0.918. The second kappa shape index (κ2) is 9.23. The third-order valence-corrected chi connectivity index (χ3v) is 0. The molecule has 0 spiro atoms. The van der Waals surface area contributed by atoms with Crippen molar-refractivity contribution in [2.75, 3.05) is 0 Å². The summed E-state index contributed by atoms with van der Waals surface area (Å²) in [6, 6.07) is 0. The van der Waals surface area contributed by atoms with Crippen molar-refractivity contribution in [3.63, 3.8) is 0 Å². The van der Waals surface area contributed by atoms with Crippen LogP contribution in [0.2, 0.25) is 0 Å². The van der Waals surface area contributed by atoms with Gasteiger partial charge < -0.3 is 0 Å². The van der Waals surface area contributed by atoms with Crippen molar-refractivity contribution in [2.45, 2.75) is 0 Å². The molecule has 0 rings (SSSR count). The Labute approximate surface area is 46.4 Å². The van der Waals surface area contributed by atoms with Gasteiger partial charge in [0.15, 0.2) is 0 Å². The van der Waals surface area contributed by atoms with Gasteiger partial charge in [-0.25, -0.2) is 0 Å². The summed E-state index contributed by atoms with van der Waals surface area (Å²) in [4.78, 5) is 0. The van der Waals surface area contributed by atoms with Crippen LogP contribution in [0.4, 0.5) is 0 Å². The Kier molecular flexibility index (Phi) is 20.4. The molecule has 0 saturated carbocycles. The van der Waals surface area contributed by atoms with Crippen LogP contribution in [0.5, 0.6) is 0 Å². The molecule has 0 saturated heterocycles. The molecule has 0 aromatic heterocycles. The monoisotopic (exact) mass is 169 g/mol. The maximum absolute atomic E-state index is 4.76. The van der Waals surface area contributed by atoms with Gasteiger partial charge in [-0.15, -0.1) is 0 Å². The van der Waals surface area contributed by atoms with E-state index in [2.05, 4.69) is 6.58 Å². The molecule has 0 atom stereocenters. The minimum absolute atomic E-state index is 0. The van der Waals surface area contributed by atoms with E-state index in [1.165, 1.54) is 5.54 Å². The van der Waals surface area contributed by atoms with Crippen LogP contribution in [-0.4, -0.2) is 0 Å². The van der Waals surface area contributed by atoms with E-state index in [0.717, 1.165) is 0 Å². The van der Waals surface area contributed by atoms with Crippen molar-refractivity contribution < 1.29 is 22.4 Å². The van der Waals surface area contributed by atoms with Crippen LogP contribution in [0.1, 0.15) is 0 Å². The summed E-state index contributed by atoms with van der Waals surface area (Å²) >= 11 is 4.76. The summed E-state index contributed by atoms with van der Waals surface area (Å²) in [7, 11) is 0. The van der Waals surface area contributed by atoms with Crippen LogP contribution < -0.4 is 0 Å². The molecule has 0 bridgehead atoms. The number of rotatable bonds is 0. The fourth-order valence-corrected chi connectivity index (χ4v) is 0. The van der Waals surface area contributed by atoms with Gasteiger partial charge in [0.2, 0.25) is 0 Å². The molecule has 0 aliphatic carbocycles. The molecule has 0 amide bonds. The van der Waals surface area contributed by atoms with E-state index in [1.54, 1.807) is 0 Å². The van der Waals surface area contributed by atoms with Crippen LogP contribution in [0.25, 0.3) is 0 Å². The molecule has 1 radical (unpaired) electrons. The molecule has 0 aliphatic rings. The fraction of sp³-hybridized carbons (Fsp3) is 0. The second-order valence-electron chi connectivity index (χ2n) is 0.154. The van der Waals surface area contributed by atoms with Gasteiger partial charge in [0.25, 0.3) is 0 Å². The van der Waals surface area contributed by atoms with Gasteiger partial charge in [-0.1, -0.05) is 18.2 Å². The molecule has 0 nitrogen and oxygen atoms in total. The minimum atomic E-state index is 0. The molecule has 0 heterocycles. The van der Waals surface area contributed by atoms with Crippen LogP contribution in [-0.2, 0) is 22.4 Å². The summed E-state index contributed by atoms with van der Waals surface area (Å²) in [6.45, 7) is 3.13. The summed E-state index contributed by atoms with van der Waals surface area (Å²) in [5.41, 5.74) is 1.22. The molecule has 0 aromatic rings. The number of hydrogen-bond acceptors (Lipinski definition) is 0. The van der Waals surface area contributed by atoms with Gasteiger partial charge in [-0.3, -0.25) is 0 Å². The zero-order chi connectivity index (χ0) is 2.71. The first-order valence-electron chi connectivity index (χ1n) is 0.626. The molecule has 0 aromatic carbocycles. The van der Waals surface area contributed by atoms with Crippen LogP contribution in [0.3, 0.4) is 0 Å². The predicted octanol–water partition coefficient (Wildman–Crippen LogP) is 1.37. The predicted molar refractivity (Wildman–Crippen MR) is 16.1 cm³/mol. The maximum Gasteiger partial charge on any atom is 0 e. The molecular formula is C2H3AgCl. The molecule has 4 heavy (non-hydrogen) atoms. The summed E-state index contributed by atoms with van der Waals surface area (Å²) < 4.78 is 0. The first kappa shape index (κ1) is 8.84. The standard InChI is InChI=1S/C2H3Cl.Ag/c1-2-3;/h2H,1H2;. The van der Waals surface area contributed by atoms with Gasteiger partial charge in [0, 0.05) is 22.4 Å². The normalized spacial score (nSPS) is 3.25. The third kappa shape index (κ3) is 14.6. The first-order chi connectivity index (χ1) is 1.41. The van der Waals surface area contributed by atoms with E-state index in [-0.39, 0.29) is 22.4 Å². The van der Waals surface area contributed by atoms with Crippen molar-refractivity contribution in [3.05, 3.63) is 12.1 Å².